The number of rotatable bonds is 9. The maximum Gasteiger partial charge on any atom is 0.310 e. The average molecular weight is 360 g/mol. The van der Waals surface area contributed by atoms with Crippen LogP contribution in [0, 0.1) is 20.2 Å². The fraction of sp³-hybridized carbons (Fsp3) is 0.333. The van der Waals surface area contributed by atoms with Gasteiger partial charge in [0.25, 0.3) is 0 Å². The van der Waals surface area contributed by atoms with Crippen molar-refractivity contribution in [3.8, 4) is 11.5 Å². The van der Waals surface area contributed by atoms with E-state index in [0.29, 0.717) is 12.8 Å². The molecule has 2 aromatic carbocycles. The Morgan fingerprint density at radius 1 is 0.692 bits per heavy atom. The Hall–Kier alpha value is -3.16. The molecule has 2 aromatic rings. The highest BCUT2D eigenvalue weighted by Gasteiger charge is 2.14. The Balaban J connectivity index is 1.75. The molecule has 0 amide bonds. The maximum absolute atomic E-state index is 10.8. The highest BCUT2D eigenvalue weighted by atomic mass is 16.6. The maximum atomic E-state index is 10.8. The van der Waals surface area contributed by atoms with Crippen molar-refractivity contribution in [2.75, 3.05) is 0 Å². The van der Waals surface area contributed by atoms with Crippen LogP contribution in [-0.2, 0) is 12.8 Å². The largest absolute Gasteiger partial charge is 0.502 e. The molecule has 8 nitrogen and oxygen atoms in total. The Kier molecular flexibility index (Phi) is 6.48. The van der Waals surface area contributed by atoms with E-state index in [1.54, 1.807) is 12.1 Å². The van der Waals surface area contributed by atoms with Crippen molar-refractivity contribution < 1.29 is 20.1 Å². The highest BCUT2D eigenvalue weighted by molar-refractivity contribution is 5.48. The molecule has 0 spiro atoms. The Labute approximate surface area is 150 Å². The van der Waals surface area contributed by atoms with Gasteiger partial charge in [-0.15, -0.1) is 0 Å². The van der Waals surface area contributed by atoms with Gasteiger partial charge in [0, 0.05) is 12.1 Å². The molecule has 2 N–H and O–H groups in total. The lowest BCUT2D eigenvalue weighted by atomic mass is 10.0. The number of hydrogen-bond donors (Lipinski definition) is 2. The fourth-order valence-electron chi connectivity index (χ4n) is 2.75. The van der Waals surface area contributed by atoms with Gasteiger partial charge in [0.1, 0.15) is 0 Å². The predicted octanol–water partition coefficient (Wildman–Crippen LogP) is 4.26. The van der Waals surface area contributed by atoms with E-state index in [2.05, 4.69) is 0 Å². The van der Waals surface area contributed by atoms with Gasteiger partial charge in [0.2, 0.25) is 0 Å². The van der Waals surface area contributed by atoms with Gasteiger partial charge in [-0.1, -0.05) is 25.0 Å². The molecule has 26 heavy (non-hydrogen) atoms. The van der Waals surface area contributed by atoms with Crippen LogP contribution >= 0.6 is 0 Å². The number of hydrogen-bond acceptors (Lipinski definition) is 6. The summed E-state index contributed by atoms with van der Waals surface area (Å²) in [4.78, 5) is 20.4. The lowest BCUT2D eigenvalue weighted by Crippen LogP contribution is -1.93. The Morgan fingerprint density at radius 2 is 1.08 bits per heavy atom. The number of nitro groups is 2. The first-order chi connectivity index (χ1) is 12.4. The molecule has 0 fully saturated rings. The molecular formula is C18H20N2O6. The van der Waals surface area contributed by atoms with Crippen molar-refractivity contribution in [2.45, 2.75) is 38.5 Å². The zero-order valence-corrected chi connectivity index (χ0v) is 14.1. The molecule has 8 heteroatoms. The van der Waals surface area contributed by atoms with Gasteiger partial charge in [0.05, 0.1) is 9.85 Å². The van der Waals surface area contributed by atoms with E-state index in [1.165, 1.54) is 24.3 Å². The standard InChI is InChI=1S/C18H20N2O6/c21-17-9-7-13(11-15(17)19(23)24)5-3-1-2-4-6-14-8-10-18(22)16(12-14)20(25)26/h7-12,21-22H,1-6H2. The molecule has 0 bridgehead atoms. The highest BCUT2D eigenvalue weighted by Crippen LogP contribution is 2.28. The molecule has 0 radical (unpaired) electrons. The monoisotopic (exact) mass is 360 g/mol. The SMILES string of the molecule is O=[N+]([O-])c1cc(CCCCCCc2ccc(O)c([N+](=O)[O-])c2)ccc1O. The number of phenols is 2. The average Bonchev–Trinajstić information content (AvgIpc) is 2.60. The third kappa shape index (κ3) is 5.17. The van der Waals surface area contributed by atoms with Gasteiger partial charge in [-0.25, -0.2) is 0 Å². The first-order valence-corrected chi connectivity index (χ1v) is 8.31. The van der Waals surface area contributed by atoms with Crippen LogP contribution in [0.5, 0.6) is 11.5 Å². The van der Waals surface area contributed by atoms with Gasteiger partial charge < -0.3 is 10.2 Å². The van der Waals surface area contributed by atoms with E-state index in [4.69, 9.17) is 0 Å². The smallest absolute Gasteiger partial charge is 0.310 e. The third-order valence-corrected chi connectivity index (χ3v) is 4.15. The number of aromatic hydroxyl groups is 2. The molecule has 0 unspecified atom stereocenters. The van der Waals surface area contributed by atoms with Crippen LogP contribution in [0.25, 0.3) is 0 Å². The summed E-state index contributed by atoms with van der Waals surface area (Å²) in [5, 5.41) is 40.5. The summed E-state index contributed by atoms with van der Waals surface area (Å²) in [6.45, 7) is 0. The lowest BCUT2D eigenvalue weighted by molar-refractivity contribution is -0.386. The summed E-state index contributed by atoms with van der Waals surface area (Å²) in [5.41, 5.74) is 1.06. The van der Waals surface area contributed by atoms with E-state index >= 15 is 0 Å². The number of aryl methyl sites for hydroxylation is 2. The second kappa shape index (κ2) is 8.80. The van der Waals surface area contributed by atoms with Crippen LogP contribution < -0.4 is 0 Å². The topological polar surface area (TPSA) is 127 Å². The van der Waals surface area contributed by atoms with Gasteiger partial charge in [-0.05, 0) is 48.9 Å². The second-order valence-electron chi connectivity index (χ2n) is 6.07. The van der Waals surface area contributed by atoms with E-state index < -0.39 is 9.85 Å². The molecule has 2 rings (SSSR count). The number of nitro benzene ring substituents is 2. The molecule has 0 aliphatic heterocycles. The summed E-state index contributed by atoms with van der Waals surface area (Å²) in [6, 6.07) is 8.82. The van der Waals surface area contributed by atoms with Crippen molar-refractivity contribution in [1.29, 1.82) is 0 Å². The van der Waals surface area contributed by atoms with Crippen LogP contribution in [0.3, 0.4) is 0 Å². The van der Waals surface area contributed by atoms with E-state index in [9.17, 15) is 30.4 Å². The van der Waals surface area contributed by atoms with Crippen molar-refractivity contribution in [1.82, 2.24) is 0 Å². The van der Waals surface area contributed by atoms with E-state index in [1.807, 2.05) is 0 Å². The molecule has 0 saturated heterocycles. The molecule has 0 aliphatic rings. The van der Waals surface area contributed by atoms with Crippen molar-refractivity contribution in [3.05, 3.63) is 67.8 Å². The zero-order chi connectivity index (χ0) is 19.1. The Bertz CT molecular complexity index is 739. The number of nitrogens with zero attached hydrogens (tertiary/aromatic N) is 2. The van der Waals surface area contributed by atoms with Gasteiger partial charge >= 0.3 is 11.4 Å². The number of benzene rings is 2. The van der Waals surface area contributed by atoms with Crippen LogP contribution in [0.4, 0.5) is 11.4 Å². The third-order valence-electron chi connectivity index (χ3n) is 4.15. The summed E-state index contributed by atoms with van der Waals surface area (Å²) in [7, 11) is 0. The number of unbranched alkanes of at least 4 members (excludes halogenated alkanes) is 3. The number of phenolic OH excluding ortho intramolecular Hbond substituents is 2. The van der Waals surface area contributed by atoms with E-state index in [0.717, 1.165) is 36.8 Å². The minimum atomic E-state index is -0.602. The quantitative estimate of drug-likeness (QED) is 0.391. The first-order valence-electron chi connectivity index (χ1n) is 8.31. The predicted molar refractivity (Wildman–Crippen MR) is 95.4 cm³/mol. The Morgan fingerprint density at radius 3 is 1.42 bits per heavy atom. The van der Waals surface area contributed by atoms with Gasteiger partial charge in [-0.2, -0.15) is 0 Å². The van der Waals surface area contributed by atoms with Crippen molar-refractivity contribution in [3.63, 3.8) is 0 Å². The summed E-state index contributed by atoms with van der Waals surface area (Å²) >= 11 is 0. The molecule has 0 aliphatic carbocycles. The van der Waals surface area contributed by atoms with Gasteiger partial charge in [-0.3, -0.25) is 20.2 Å². The zero-order valence-electron chi connectivity index (χ0n) is 14.1. The van der Waals surface area contributed by atoms with Crippen LogP contribution in [-0.4, -0.2) is 20.1 Å². The van der Waals surface area contributed by atoms with Crippen molar-refractivity contribution >= 4 is 11.4 Å². The fourth-order valence-corrected chi connectivity index (χ4v) is 2.75. The normalized spacial score (nSPS) is 10.6. The van der Waals surface area contributed by atoms with E-state index in [-0.39, 0.29) is 22.9 Å². The van der Waals surface area contributed by atoms with Crippen LogP contribution in [0.2, 0.25) is 0 Å². The van der Waals surface area contributed by atoms with Gasteiger partial charge in [0.15, 0.2) is 11.5 Å². The summed E-state index contributed by atoms with van der Waals surface area (Å²) in [6.07, 6.45) is 4.94. The molecule has 0 aromatic heterocycles. The first kappa shape index (κ1) is 19.2. The summed E-state index contributed by atoms with van der Waals surface area (Å²) < 4.78 is 0. The van der Waals surface area contributed by atoms with Crippen LogP contribution in [0.1, 0.15) is 36.8 Å². The molecule has 0 atom stereocenters. The molecule has 138 valence electrons. The summed E-state index contributed by atoms with van der Waals surface area (Å²) in [5.74, 6) is -0.663. The lowest BCUT2D eigenvalue weighted by Gasteiger charge is -2.04. The minimum Gasteiger partial charge on any atom is -0.502 e. The minimum absolute atomic E-state index is 0.281. The van der Waals surface area contributed by atoms with Crippen molar-refractivity contribution in [2.24, 2.45) is 0 Å². The van der Waals surface area contributed by atoms with Crippen LogP contribution in [0.15, 0.2) is 36.4 Å². The second-order valence-corrected chi connectivity index (χ2v) is 6.07. The molecular weight excluding hydrogens is 340 g/mol. The molecule has 0 heterocycles. The molecule has 0 saturated carbocycles.